The fourth-order valence-electron chi connectivity index (χ4n) is 15.1. The number of rotatable bonds is 4. The maximum Gasteiger partial charge on any atom is 0.157 e. The zero-order chi connectivity index (χ0) is 32.6. The van der Waals surface area contributed by atoms with Gasteiger partial charge in [-0.1, -0.05) is 0 Å². The molecule has 14 aliphatic rings. The Morgan fingerprint density at radius 1 is 0.333 bits per heavy atom. The first-order valence-electron chi connectivity index (χ1n) is 17.2. The monoisotopic (exact) mass is 1130 g/mol. The summed E-state index contributed by atoms with van der Waals surface area (Å²) in [6.45, 7) is 7.50. The van der Waals surface area contributed by atoms with Crippen molar-refractivity contribution >= 4 is 0 Å². The third kappa shape index (κ3) is 6.71. The Balaban J connectivity index is -0.000000655. The first-order valence-corrected chi connectivity index (χ1v) is 17.2. The summed E-state index contributed by atoms with van der Waals surface area (Å²) in [4.78, 5) is 8.68. The number of hydrogen-bond donors (Lipinski definition) is 8. The fraction of sp³-hybridized carbons (Fsp3) is 1.00. The zero-order valence-corrected chi connectivity index (χ0v) is 51.6. The first-order chi connectivity index (χ1) is 21.8. The third-order valence-electron chi connectivity index (χ3n) is 16.3. The Morgan fingerprint density at radius 2 is 0.456 bits per heavy atom. The summed E-state index contributed by atoms with van der Waals surface area (Å²) < 4.78 is 10.5. The standard InChI is InChI=1S/2C10H12O4.2C6H14N2O.5H2O.6Zn/c2*11-7(12)9-1-2-4(9)6-5(9)3(1)10(2,6)8(13)14;2*1-7-3-4-8(2)6-9-5-7;;;;;;;;;;;/h2*1-8,11-14H;2*3-6H2,1-2H3;5*1H2;;;;;;. The van der Waals surface area contributed by atoms with E-state index in [1.54, 1.807) is 0 Å². The van der Waals surface area contributed by atoms with Crippen LogP contribution in [0.3, 0.4) is 0 Å². The van der Waals surface area contributed by atoms with Gasteiger partial charge in [0.2, 0.25) is 0 Å². The molecule has 2 heterocycles. The summed E-state index contributed by atoms with van der Waals surface area (Å²) in [5, 5.41) is 74.9. The van der Waals surface area contributed by atoms with Crippen LogP contribution in [-0.2, 0) is 126 Å². The van der Waals surface area contributed by atoms with E-state index in [0.29, 0.717) is 71.0 Å². The molecule has 14 fully saturated rings. The van der Waals surface area contributed by atoms with Crippen LogP contribution >= 0.6 is 0 Å². The van der Waals surface area contributed by atoms with Gasteiger partial charge in [-0.2, -0.15) is 0 Å². The minimum atomic E-state index is -1.17. The van der Waals surface area contributed by atoms with Gasteiger partial charge in [-0.05, 0) is 99.2 Å². The second-order valence-corrected chi connectivity index (χ2v) is 17.0. The molecule has 0 unspecified atom stereocenters. The number of nitrogens with zero attached hydrogens (tertiary/aromatic N) is 4. The molecule has 57 heavy (non-hydrogen) atoms. The quantitative estimate of drug-likeness (QED) is 0.0959. The molecule has 0 atom stereocenters. The van der Waals surface area contributed by atoms with Crippen molar-refractivity contribution in [3.05, 3.63) is 0 Å². The van der Waals surface area contributed by atoms with E-state index in [1.807, 2.05) is 0 Å². The molecule has 14 rings (SSSR count). The average Bonchev–Trinajstić information content (AvgIpc) is 3.34. The molecule has 19 nitrogen and oxygen atoms in total. The molecule has 0 spiro atoms. The van der Waals surface area contributed by atoms with Gasteiger partial charge in [0.05, 0.1) is 0 Å². The van der Waals surface area contributed by atoms with Gasteiger partial charge in [0.1, 0.15) is 26.9 Å². The van der Waals surface area contributed by atoms with Crippen LogP contribution in [0.4, 0.5) is 0 Å². The van der Waals surface area contributed by atoms with Crippen molar-refractivity contribution in [2.45, 2.75) is 25.2 Å². The Kier molecular flexibility index (Phi) is 23.8. The van der Waals surface area contributed by atoms with Crippen molar-refractivity contribution in [3.63, 3.8) is 0 Å². The molecule has 0 amide bonds. The number of aliphatic hydroxyl groups is 8. The number of likely N-dealkylation sites (N-methyl/N-ethyl adjacent to an activating group) is 4. The van der Waals surface area contributed by atoms with Crippen LogP contribution < -0.4 is 0 Å². The van der Waals surface area contributed by atoms with Crippen LogP contribution in [-0.4, -0.2) is 194 Å². The summed E-state index contributed by atoms with van der Waals surface area (Å²) in [5.74, 6) is 4.88. The van der Waals surface area contributed by atoms with Gasteiger partial charge < -0.3 is 77.7 Å². The van der Waals surface area contributed by atoms with E-state index in [2.05, 4.69) is 47.8 Å². The van der Waals surface area contributed by atoms with E-state index >= 15 is 0 Å². The van der Waals surface area contributed by atoms with Crippen molar-refractivity contribution in [3.8, 4) is 0 Å². The van der Waals surface area contributed by atoms with E-state index in [0.717, 1.165) is 53.1 Å². The molecule has 18 N–H and O–H groups in total. The molecule has 0 aromatic heterocycles. The zero-order valence-electron chi connectivity index (χ0n) is 33.8. The molecular formula is C32H62N4O15Zn6. The first kappa shape index (κ1) is 64.3. The molecule has 2 saturated heterocycles. The molecule has 0 aromatic carbocycles. The fourth-order valence-corrected chi connectivity index (χ4v) is 15.1. The normalized spacial score (nSPS) is 46.7. The van der Waals surface area contributed by atoms with Crippen molar-refractivity contribution in [1.29, 1.82) is 0 Å². The summed E-state index contributed by atoms with van der Waals surface area (Å²) >= 11 is 0. The largest absolute Gasteiger partial charge is 0.412 e. The minimum absolute atomic E-state index is 0. The molecular weight excluding hydrogens is 1070 g/mol. The van der Waals surface area contributed by atoms with E-state index in [9.17, 15) is 40.9 Å². The van der Waals surface area contributed by atoms with E-state index in [1.165, 1.54) is 0 Å². The van der Waals surface area contributed by atoms with Gasteiger partial charge in [0.15, 0.2) is 25.2 Å². The molecule has 312 valence electrons. The van der Waals surface area contributed by atoms with Crippen molar-refractivity contribution in [2.75, 3.05) is 81.3 Å². The van der Waals surface area contributed by atoms with Gasteiger partial charge in [-0.3, -0.25) is 19.6 Å². The van der Waals surface area contributed by atoms with Gasteiger partial charge in [-0.15, -0.1) is 0 Å². The second-order valence-electron chi connectivity index (χ2n) is 17.0. The Morgan fingerprint density at radius 3 is 0.561 bits per heavy atom. The van der Waals surface area contributed by atoms with E-state index in [-0.39, 0.29) is 166 Å². The summed E-state index contributed by atoms with van der Waals surface area (Å²) in [5.41, 5.74) is -0.736. The summed E-state index contributed by atoms with van der Waals surface area (Å²) in [6.07, 6.45) is -4.67. The van der Waals surface area contributed by atoms with Crippen LogP contribution in [0.5, 0.6) is 0 Å². The van der Waals surface area contributed by atoms with E-state index in [4.69, 9.17) is 9.47 Å². The van der Waals surface area contributed by atoms with Crippen LogP contribution in [0.1, 0.15) is 0 Å². The number of aliphatic hydroxyl groups excluding tert-OH is 4. The minimum Gasteiger partial charge on any atom is -0.412 e. The number of ether oxygens (including phenoxy) is 2. The van der Waals surface area contributed by atoms with Gasteiger partial charge >= 0.3 is 0 Å². The second kappa shape index (κ2) is 21.1. The molecule has 0 bridgehead atoms. The SMILES string of the molecule is CN1CCN(C)COC1.CN1CCN(C)COC1.O.O.O.O.O.OC(O)C12C3C4C1C1C2C3C41C(O)O.OC(O)C12C3C4C1C1C2C3C41C(O)O.[Zn].[Zn].[Zn].[Zn].[Zn].[Zn]. The predicted octanol–water partition coefficient (Wildman–Crippen LogP) is -7.86. The predicted molar refractivity (Wildman–Crippen MR) is 175 cm³/mol. The van der Waals surface area contributed by atoms with Gasteiger partial charge in [0, 0.05) is 165 Å². The van der Waals surface area contributed by atoms with Crippen molar-refractivity contribution < 1.29 is 195 Å². The van der Waals surface area contributed by atoms with Crippen LogP contribution in [0.2, 0.25) is 0 Å². The summed E-state index contributed by atoms with van der Waals surface area (Å²) in [7, 11) is 8.27. The Hall–Kier alpha value is 2.98. The average molecular weight is 1140 g/mol. The van der Waals surface area contributed by atoms with E-state index < -0.39 is 25.2 Å². The van der Waals surface area contributed by atoms with Crippen LogP contribution in [0.25, 0.3) is 0 Å². The molecule has 2 aliphatic heterocycles. The molecule has 0 aromatic rings. The number of hydrogen-bond acceptors (Lipinski definition) is 14. The van der Waals surface area contributed by atoms with Gasteiger partial charge in [-0.25, -0.2) is 0 Å². The maximum atomic E-state index is 9.36. The van der Waals surface area contributed by atoms with Crippen molar-refractivity contribution in [2.24, 2.45) is 92.7 Å². The Bertz CT molecular complexity index is 1010. The summed E-state index contributed by atoms with van der Waals surface area (Å²) in [6, 6.07) is 0. The maximum absolute atomic E-state index is 9.36. The van der Waals surface area contributed by atoms with Crippen LogP contribution in [0, 0.1) is 92.7 Å². The third-order valence-corrected chi connectivity index (χ3v) is 16.3. The Labute approximate surface area is 409 Å². The topological polar surface area (TPSA) is 351 Å². The molecule has 0 radical (unpaired) electrons. The van der Waals surface area contributed by atoms with Crippen molar-refractivity contribution in [1.82, 2.24) is 19.6 Å². The molecule has 12 saturated carbocycles. The van der Waals surface area contributed by atoms with Gasteiger partial charge in [0.25, 0.3) is 0 Å². The smallest absolute Gasteiger partial charge is 0.157 e. The van der Waals surface area contributed by atoms with Crippen LogP contribution in [0.15, 0.2) is 0 Å². The molecule has 12 aliphatic carbocycles. The molecule has 25 heteroatoms.